The number of hydrogen-bond acceptors (Lipinski definition) is 0. The van der Waals surface area contributed by atoms with Crippen LogP contribution < -0.4 is 0 Å². The van der Waals surface area contributed by atoms with Crippen molar-refractivity contribution in [2.24, 2.45) is 0 Å². The van der Waals surface area contributed by atoms with E-state index in [0.717, 1.165) is 10.0 Å². The standard InChI is InChI=1S/C14H10Br2F2/c15-11-5-2-1-4-9(11)12(16)8-10-13(17)6-3-7-14(10)18/h1-7,12H,8H2. The molecule has 0 saturated heterocycles. The van der Waals surface area contributed by atoms with Gasteiger partial charge < -0.3 is 0 Å². The lowest BCUT2D eigenvalue weighted by molar-refractivity contribution is 0.554. The fourth-order valence-corrected chi connectivity index (χ4v) is 3.34. The van der Waals surface area contributed by atoms with E-state index in [1.54, 1.807) is 0 Å². The van der Waals surface area contributed by atoms with Crippen LogP contribution >= 0.6 is 31.9 Å². The van der Waals surface area contributed by atoms with E-state index in [1.807, 2.05) is 24.3 Å². The molecule has 0 aromatic heterocycles. The highest BCUT2D eigenvalue weighted by Crippen LogP contribution is 2.33. The van der Waals surface area contributed by atoms with Crippen LogP contribution in [0, 0.1) is 11.6 Å². The zero-order valence-electron chi connectivity index (χ0n) is 9.34. The summed E-state index contributed by atoms with van der Waals surface area (Å²) in [5.41, 5.74) is 1.08. The largest absolute Gasteiger partial charge is 0.207 e. The van der Waals surface area contributed by atoms with Crippen LogP contribution in [0.15, 0.2) is 46.9 Å². The van der Waals surface area contributed by atoms with Gasteiger partial charge in [0.2, 0.25) is 0 Å². The molecule has 0 N–H and O–H groups in total. The van der Waals surface area contributed by atoms with Gasteiger partial charge in [-0.2, -0.15) is 0 Å². The quantitative estimate of drug-likeness (QED) is 0.629. The Morgan fingerprint density at radius 2 is 1.56 bits per heavy atom. The van der Waals surface area contributed by atoms with Gasteiger partial charge in [-0.1, -0.05) is 56.1 Å². The molecule has 18 heavy (non-hydrogen) atoms. The van der Waals surface area contributed by atoms with Gasteiger partial charge in [0.15, 0.2) is 0 Å². The molecule has 0 heterocycles. The maximum absolute atomic E-state index is 13.6. The van der Waals surface area contributed by atoms with Crippen LogP contribution in [-0.4, -0.2) is 0 Å². The summed E-state index contributed by atoms with van der Waals surface area (Å²) in [6, 6.07) is 11.5. The average molecular weight is 376 g/mol. The minimum absolute atomic E-state index is 0.107. The van der Waals surface area contributed by atoms with Gasteiger partial charge in [-0.15, -0.1) is 0 Å². The second-order valence-electron chi connectivity index (χ2n) is 3.89. The van der Waals surface area contributed by atoms with Crippen LogP contribution in [-0.2, 0) is 6.42 Å². The first kappa shape index (κ1) is 13.7. The van der Waals surface area contributed by atoms with Crippen molar-refractivity contribution in [1.29, 1.82) is 0 Å². The van der Waals surface area contributed by atoms with Crippen molar-refractivity contribution in [3.8, 4) is 0 Å². The molecule has 2 rings (SSSR count). The highest BCUT2D eigenvalue weighted by molar-refractivity contribution is 9.11. The van der Waals surface area contributed by atoms with Crippen molar-refractivity contribution in [1.82, 2.24) is 0 Å². The van der Waals surface area contributed by atoms with E-state index in [9.17, 15) is 8.78 Å². The van der Waals surface area contributed by atoms with Crippen LogP contribution in [0.2, 0.25) is 0 Å². The molecule has 0 bridgehead atoms. The maximum atomic E-state index is 13.6. The van der Waals surface area contributed by atoms with Crippen molar-refractivity contribution >= 4 is 31.9 Å². The Morgan fingerprint density at radius 1 is 0.944 bits per heavy atom. The van der Waals surface area contributed by atoms with E-state index in [2.05, 4.69) is 31.9 Å². The maximum Gasteiger partial charge on any atom is 0.129 e. The topological polar surface area (TPSA) is 0 Å². The molecule has 1 atom stereocenters. The monoisotopic (exact) mass is 374 g/mol. The molecule has 0 spiro atoms. The predicted molar refractivity (Wildman–Crippen MR) is 75.9 cm³/mol. The second kappa shape index (κ2) is 5.93. The molecule has 2 aromatic rings. The van der Waals surface area contributed by atoms with E-state index in [1.165, 1.54) is 18.2 Å². The lowest BCUT2D eigenvalue weighted by atomic mass is 10.0. The first-order chi connectivity index (χ1) is 8.59. The van der Waals surface area contributed by atoms with Gasteiger partial charge >= 0.3 is 0 Å². The van der Waals surface area contributed by atoms with Crippen molar-refractivity contribution in [3.63, 3.8) is 0 Å². The van der Waals surface area contributed by atoms with Crippen molar-refractivity contribution in [2.45, 2.75) is 11.2 Å². The van der Waals surface area contributed by atoms with Gasteiger partial charge in [0, 0.05) is 14.9 Å². The van der Waals surface area contributed by atoms with Crippen LogP contribution in [0.3, 0.4) is 0 Å². The lowest BCUT2D eigenvalue weighted by Crippen LogP contribution is -2.01. The van der Waals surface area contributed by atoms with Gasteiger partial charge in [-0.05, 0) is 30.2 Å². The zero-order valence-corrected chi connectivity index (χ0v) is 12.5. The molecule has 4 heteroatoms. The number of halogens is 4. The molecule has 0 fully saturated rings. The van der Waals surface area contributed by atoms with Crippen molar-refractivity contribution in [3.05, 3.63) is 69.7 Å². The molecule has 0 amide bonds. The average Bonchev–Trinajstić information content (AvgIpc) is 2.34. The molecule has 0 aliphatic heterocycles. The highest BCUT2D eigenvalue weighted by atomic mass is 79.9. The summed E-state index contributed by atoms with van der Waals surface area (Å²) < 4.78 is 28.0. The fraction of sp³-hybridized carbons (Fsp3) is 0.143. The molecule has 0 aliphatic rings. The molecule has 0 radical (unpaired) electrons. The normalized spacial score (nSPS) is 12.4. The molecule has 2 aromatic carbocycles. The molecule has 94 valence electrons. The van der Waals surface area contributed by atoms with Gasteiger partial charge in [-0.3, -0.25) is 0 Å². The number of alkyl halides is 1. The molecule has 1 unspecified atom stereocenters. The van der Waals surface area contributed by atoms with E-state index in [0.29, 0.717) is 0 Å². The predicted octanol–water partition coefficient (Wildman–Crippen LogP) is 5.41. The third kappa shape index (κ3) is 2.98. The van der Waals surface area contributed by atoms with Gasteiger partial charge in [-0.25, -0.2) is 8.78 Å². The third-order valence-corrected chi connectivity index (χ3v) is 4.23. The summed E-state index contributed by atoms with van der Waals surface area (Å²) in [4.78, 5) is -0.139. The third-order valence-electron chi connectivity index (χ3n) is 2.69. The first-order valence-electron chi connectivity index (χ1n) is 5.41. The van der Waals surface area contributed by atoms with Crippen LogP contribution in [0.25, 0.3) is 0 Å². The summed E-state index contributed by atoms with van der Waals surface area (Å²) in [5, 5.41) is 0. The zero-order chi connectivity index (χ0) is 13.1. The smallest absolute Gasteiger partial charge is 0.129 e. The van der Waals surface area contributed by atoms with Crippen LogP contribution in [0.1, 0.15) is 16.0 Å². The Hall–Kier alpha value is -0.740. The number of hydrogen-bond donors (Lipinski definition) is 0. The molecule has 0 saturated carbocycles. The summed E-state index contributed by atoms with van der Waals surface area (Å²) in [5.74, 6) is -1.02. The molecular weight excluding hydrogens is 366 g/mol. The van der Waals surface area contributed by atoms with Gasteiger partial charge in [0.05, 0.1) is 0 Å². The summed E-state index contributed by atoms with van der Waals surface area (Å²) >= 11 is 6.91. The molecule has 0 nitrogen and oxygen atoms in total. The van der Waals surface area contributed by atoms with Gasteiger partial charge in [0.1, 0.15) is 11.6 Å². The van der Waals surface area contributed by atoms with Crippen LogP contribution in [0.4, 0.5) is 8.78 Å². The summed E-state index contributed by atoms with van der Waals surface area (Å²) in [7, 11) is 0. The Labute approximate surface area is 121 Å². The van der Waals surface area contributed by atoms with E-state index in [4.69, 9.17) is 0 Å². The first-order valence-corrected chi connectivity index (χ1v) is 7.12. The summed E-state index contributed by atoms with van der Waals surface area (Å²) in [6.07, 6.45) is 0.265. The Kier molecular flexibility index (Phi) is 4.51. The lowest BCUT2D eigenvalue weighted by Gasteiger charge is -2.13. The Morgan fingerprint density at radius 3 is 2.17 bits per heavy atom. The minimum Gasteiger partial charge on any atom is -0.207 e. The molecule has 0 aliphatic carbocycles. The van der Waals surface area contributed by atoms with E-state index < -0.39 is 11.6 Å². The van der Waals surface area contributed by atoms with E-state index in [-0.39, 0.29) is 16.8 Å². The van der Waals surface area contributed by atoms with Crippen LogP contribution in [0.5, 0.6) is 0 Å². The van der Waals surface area contributed by atoms with E-state index >= 15 is 0 Å². The molecular formula is C14H10Br2F2. The number of rotatable bonds is 3. The van der Waals surface area contributed by atoms with Crippen molar-refractivity contribution in [2.75, 3.05) is 0 Å². The van der Waals surface area contributed by atoms with Gasteiger partial charge in [0.25, 0.3) is 0 Å². The SMILES string of the molecule is Fc1cccc(F)c1CC(Br)c1ccccc1Br. The fourth-order valence-electron chi connectivity index (χ4n) is 1.75. The summed E-state index contributed by atoms with van der Waals surface area (Å²) in [6.45, 7) is 0. The Balaban J connectivity index is 2.27. The minimum atomic E-state index is -0.508. The number of benzene rings is 2. The van der Waals surface area contributed by atoms with Crippen molar-refractivity contribution < 1.29 is 8.78 Å². The Bertz CT molecular complexity index is 535. The highest BCUT2D eigenvalue weighted by Gasteiger charge is 2.16. The second-order valence-corrected chi connectivity index (χ2v) is 5.85.